The molecule has 4 aromatic rings. The lowest BCUT2D eigenvalue weighted by molar-refractivity contribution is -0.137. The third-order valence-electron chi connectivity index (χ3n) is 6.45. The number of fused-ring (bicyclic) bond motifs is 1. The van der Waals surface area contributed by atoms with Gasteiger partial charge in [-0.25, -0.2) is 4.98 Å². The van der Waals surface area contributed by atoms with Crippen LogP contribution in [0.5, 0.6) is 0 Å². The first kappa shape index (κ1) is 24.5. The Bertz CT molecular complexity index is 1380. The molecule has 1 saturated heterocycles. The van der Waals surface area contributed by atoms with Crippen LogP contribution in [-0.4, -0.2) is 33.4 Å². The van der Waals surface area contributed by atoms with Crippen LogP contribution in [-0.2, 0) is 17.5 Å². The first-order chi connectivity index (χ1) is 17.3. The molecule has 0 bridgehead atoms. The molecule has 1 aromatic heterocycles. The van der Waals surface area contributed by atoms with Gasteiger partial charge in [0.15, 0.2) is 0 Å². The highest BCUT2D eigenvalue weighted by atomic mass is 79.9. The van der Waals surface area contributed by atoms with E-state index in [0.717, 1.165) is 46.0 Å². The third kappa shape index (κ3) is 5.17. The van der Waals surface area contributed by atoms with E-state index in [0.29, 0.717) is 19.5 Å². The highest BCUT2D eigenvalue weighted by Crippen LogP contribution is 2.35. The topological polar surface area (TPSA) is 50.2 Å². The zero-order valence-electron chi connectivity index (χ0n) is 19.3. The number of hydrogen-bond donors (Lipinski definition) is 1. The number of piperidine rings is 1. The molecule has 2 heterocycles. The van der Waals surface area contributed by atoms with Crippen molar-refractivity contribution in [2.45, 2.75) is 25.6 Å². The number of amides is 1. The summed E-state index contributed by atoms with van der Waals surface area (Å²) >= 11 is 3.48. The minimum atomic E-state index is -4.53. The number of rotatable bonds is 5. The number of hydrogen-bond acceptors (Lipinski definition) is 3. The van der Waals surface area contributed by atoms with E-state index >= 15 is 0 Å². The molecule has 9 heteroatoms. The zero-order valence-corrected chi connectivity index (χ0v) is 20.9. The number of carbonyl (C=O) groups is 1. The fourth-order valence-electron chi connectivity index (χ4n) is 4.75. The van der Waals surface area contributed by atoms with E-state index in [2.05, 4.69) is 30.7 Å². The van der Waals surface area contributed by atoms with Gasteiger partial charge in [-0.3, -0.25) is 14.3 Å². The first-order valence-electron chi connectivity index (χ1n) is 11.7. The molecule has 0 unspecified atom stereocenters. The lowest BCUT2D eigenvalue weighted by atomic mass is 9.96. The second-order valence-corrected chi connectivity index (χ2v) is 9.85. The van der Waals surface area contributed by atoms with E-state index in [1.807, 2.05) is 48.5 Å². The van der Waals surface area contributed by atoms with Gasteiger partial charge < -0.3 is 5.32 Å². The molecule has 1 aliphatic heterocycles. The lowest BCUT2D eigenvalue weighted by Crippen LogP contribution is -2.40. The summed E-state index contributed by atoms with van der Waals surface area (Å²) < 4.78 is 43.2. The number of halogens is 4. The molecule has 1 aliphatic rings. The molecule has 0 saturated carbocycles. The number of anilines is 1. The van der Waals surface area contributed by atoms with Gasteiger partial charge in [0.2, 0.25) is 5.91 Å². The molecule has 36 heavy (non-hydrogen) atoms. The minimum absolute atomic E-state index is 0.204. The second kappa shape index (κ2) is 10.1. The molecule has 5 rings (SSSR count). The SMILES string of the molecule is O=C(Nc1ccccc1C(F)(F)F)[C@@H]1CCCN(Cc2nc3ccccc3n2-c2ccc(Br)cc2)C1. The van der Waals surface area contributed by atoms with Gasteiger partial charge in [0.1, 0.15) is 5.82 Å². The number of likely N-dealkylation sites (tertiary alicyclic amines) is 1. The molecule has 3 aromatic carbocycles. The maximum Gasteiger partial charge on any atom is 0.418 e. The summed E-state index contributed by atoms with van der Waals surface area (Å²) in [5.41, 5.74) is 1.81. The van der Waals surface area contributed by atoms with E-state index in [-0.39, 0.29) is 5.69 Å². The van der Waals surface area contributed by atoms with Gasteiger partial charge >= 0.3 is 6.18 Å². The first-order valence-corrected chi connectivity index (χ1v) is 12.5. The molecular weight excluding hydrogens is 533 g/mol. The van der Waals surface area contributed by atoms with Crippen LogP contribution in [0.15, 0.2) is 77.3 Å². The highest BCUT2D eigenvalue weighted by molar-refractivity contribution is 9.10. The summed E-state index contributed by atoms with van der Waals surface area (Å²) in [6, 6.07) is 21.0. The predicted octanol–water partition coefficient (Wildman–Crippen LogP) is 6.66. The monoisotopic (exact) mass is 556 g/mol. The van der Waals surface area contributed by atoms with Crippen LogP contribution in [0.4, 0.5) is 18.9 Å². The smallest absolute Gasteiger partial charge is 0.325 e. The molecule has 1 N–H and O–H groups in total. The van der Waals surface area contributed by atoms with Crippen molar-refractivity contribution < 1.29 is 18.0 Å². The van der Waals surface area contributed by atoms with Gasteiger partial charge in [0, 0.05) is 16.7 Å². The van der Waals surface area contributed by atoms with Gasteiger partial charge in [0.05, 0.1) is 34.7 Å². The zero-order chi connectivity index (χ0) is 25.3. The van der Waals surface area contributed by atoms with Crippen molar-refractivity contribution in [3.05, 3.63) is 88.7 Å². The number of imidazole rings is 1. The van der Waals surface area contributed by atoms with Gasteiger partial charge in [-0.2, -0.15) is 13.2 Å². The Balaban J connectivity index is 1.36. The van der Waals surface area contributed by atoms with Crippen LogP contribution in [0, 0.1) is 5.92 Å². The molecule has 0 radical (unpaired) electrons. The lowest BCUT2D eigenvalue weighted by Gasteiger charge is -2.32. The normalized spacial score (nSPS) is 16.8. The Morgan fingerprint density at radius 3 is 2.53 bits per heavy atom. The molecule has 1 atom stereocenters. The largest absolute Gasteiger partial charge is 0.418 e. The second-order valence-electron chi connectivity index (χ2n) is 8.94. The highest BCUT2D eigenvalue weighted by Gasteiger charge is 2.34. The summed E-state index contributed by atoms with van der Waals surface area (Å²) in [6.07, 6.45) is -3.13. The van der Waals surface area contributed by atoms with Crippen LogP contribution in [0.25, 0.3) is 16.7 Å². The van der Waals surface area contributed by atoms with Crippen LogP contribution < -0.4 is 5.32 Å². The standard InChI is InChI=1S/C27H24BrF3N4O/c28-19-11-13-20(14-12-19)35-24-10-4-3-9-23(24)32-25(35)17-34-15-5-6-18(16-34)26(36)33-22-8-2-1-7-21(22)27(29,30)31/h1-4,7-14,18H,5-6,15-17H2,(H,33,36)/t18-/m1/s1. The van der Waals surface area contributed by atoms with Crippen molar-refractivity contribution >= 4 is 38.6 Å². The van der Waals surface area contributed by atoms with Gasteiger partial charge in [-0.05, 0) is 67.9 Å². The van der Waals surface area contributed by atoms with Crippen LogP contribution in [0.2, 0.25) is 0 Å². The Morgan fingerprint density at radius 2 is 1.75 bits per heavy atom. The number of aromatic nitrogens is 2. The average Bonchev–Trinajstić information content (AvgIpc) is 3.22. The van der Waals surface area contributed by atoms with Crippen LogP contribution in [0.3, 0.4) is 0 Å². The fraction of sp³-hybridized carbons (Fsp3) is 0.259. The molecule has 0 spiro atoms. The molecule has 0 aliphatic carbocycles. The number of para-hydroxylation sites is 3. The van der Waals surface area contributed by atoms with E-state index < -0.39 is 23.6 Å². The summed E-state index contributed by atoms with van der Waals surface area (Å²) in [5, 5.41) is 2.52. The maximum atomic E-state index is 13.4. The number of nitrogens with zero attached hydrogens (tertiary/aromatic N) is 3. The summed E-state index contributed by atoms with van der Waals surface area (Å²) in [7, 11) is 0. The molecule has 5 nitrogen and oxygen atoms in total. The molecule has 1 amide bonds. The minimum Gasteiger partial charge on any atom is -0.325 e. The van der Waals surface area contributed by atoms with Crippen molar-refractivity contribution in [2.75, 3.05) is 18.4 Å². The molecule has 1 fully saturated rings. The summed E-state index contributed by atoms with van der Waals surface area (Å²) in [6.45, 7) is 1.75. The number of benzene rings is 3. The van der Waals surface area contributed by atoms with E-state index in [1.165, 1.54) is 18.2 Å². The van der Waals surface area contributed by atoms with Gasteiger partial charge in [0.25, 0.3) is 0 Å². The van der Waals surface area contributed by atoms with Crippen molar-refractivity contribution in [3.63, 3.8) is 0 Å². The fourth-order valence-corrected chi connectivity index (χ4v) is 5.01. The van der Waals surface area contributed by atoms with Crippen molar-refractivity contribution in [1.29, 1.82) is 0 Å². The number of carbonyl (C=O) groups excluding carboxylic acids is 1. The van der Waals surface area contributed by atoms with Crippen LogP contribution in [0.1, 0.15) is 24.2 Å². The Hall–Kier alpha value is -3.17. The van der Waals surface area contributed by atoms with E-state index in [1.54, 1.807) is 0 Å². The Morgan fingerprint density at radius 1 is 1.03 bits per heavy atom. The van der Waals surface area contributed by atoms with Crippen molar-refractivity contribution in [2.24, 2.45) is 5.92 Å². The summed E-state index contributed by atoms with van der Waals surface area (Å²) in [4.78, 5) is 20.0. The predicted molar refractivity (Wildman–Crippen MR) is 137 cm³/mol. The van der Waals surface area contributed by atoms with Crippen LogP contribution >= 0.6 is 15.9 Å². The Labute approximate surface area is 215 Å². The molecule has 186 valence electrons. The van der Waals surface area contributed by atoms with Crippen molar-refractivity contribution in [1.82, 2.24) is 14.5 Å². The van der Waals surface area contributed by atoms with E-state index in [9.17, 15) is 18.0 Å². The van der Waals surface area contributed by atoms with Gasteiger partial charge in [-0.15, -0.1) is 0 Å². The Kier molecular flexibility index (Phi) is 6.85. The van der Waals surface area contributed by atoms with E-state index in [4.69, 9.17) is 4.98 Å². The van der Waals surface area contributed by atoms with Gasteiger partial charge in [-0.1, -0.05) is 40.2 Å². The third-order valence-corrected chi connectivity index (χ3v) is 6.98. The quantitative estimate of drug-likeness (QED) is 0.299. The number of nitrogens with one attached hydrogen (secondary N) is 1. The number of alkyl halides is 3. The average molecular weight is 557 g/mol. The summed E-state index contributed by atoms with van der Waals surface area (Å²) in [5.74, 6) is 0.0466. The molecular formula is C27H24BrF3N4O. The maximum absolute atomic E-state index is 13.4. The van der Waals surface area contributed by atoms with Crippen molar-refractivity contribution in [3.8, 4) is 5.69 Å².